The van der Waals surface area contributed by atoms with Gasteiger partial charge in [-0.15, -0.1) is 0 Å². The molecule has 0 aliphatic rings. The molecular weight excluding hydrogens is 328 g/mol. The van der Waals surface area contributed by atoms with Crippen LogP contribution in [0.2, 0.25) is 0 Å². The maximum atomic E-state index is 13.3. The Morgan fingerprint density at radius 3 is 2.45 bits per heavy atom. The standard InChI is InChI=1S/C15H14BrF2NO/c1-9(19)13-5-4-12(18)7-15(13)20-8-10-2-3-11(17)6-14(10)16/h2-7,9H,8,19H2,1H3/t9-/m0/s1. The van der Waals surface area contributed by atoms with Crippen molar-refractivity contribution < 1.29 is 13.5 Å². The van der Waals surface area contributed by atoms with Crippen LogP contribution in [0.4, 0.5) is 8.78 Å². The summed E-state index contributed by atoms with van der Waals surface area (Å²) in [6.07, 6.45) is 0. The van der Waals surface area contributed by atoms with E-state index in [4.69, 9.17) is 10.5 Å². The summed E-state index contributed by atoms with van der Waals surface area (Å²) >= 11 is 3.26. The van der Waals surface area contributed by atoms with Gasteiger partial charge in [0.15, 0.2) is 0 Å². The Balaban J connectivity index is 2.20. The molecule has 20 heavy (non-hydrogen) atoms. The van der Waals surface area contributed by atoms with E-state index in [1.54, 1.807) is 19.1 Å². The van der Waals surface area contributed by atoms with Gasteiger partial charge in [-0.1, -0.05) is 28.1 Å². The highest BCUT2D eigenvalue weighted by atomic mass is 79.9. The van der Waals surface area contributed by atoms with Crippen molar-refractivity contribution in [2.45, 2.75) is 19.6 Å². The molecule has 106 valence electrons. The maximum absolute atomic E-state index is 13.3. The molecule has 2 nitrogen and oxygen atoms in total. The van der Waals surface area contributed by atoms with Gasteiger partial charge in [-0.2, -0.15) is 0 Å². The minimum absolute atomic E-state index is 0.198. The molecule has 2 aromatic rings. The lowest BCUT2D eigenvalue weighted by Gasteiger charge is -2.14. The topological polar surface area (TPSA) is 35.2 Å². The third-order valence-electron chi connectivity index (χ3n) is 2.86. The second kappa shape index (κ2) is 6.33. The van der Waals surface area contributed by atoms with Crippen LogP contribution in [0, 0.1) is 11.6 Å². The molecule has 0 saturated carbocycles. The number of halogens is 3. The van der Waals surface area contributed by atoms with E-state index in [9.17, 15) is 8.78 Å². The first-order chi connectivity index (χ1) is 9.47. The fraction of sp³-hybridized carbons (Fsp3) is 0.200. The van der Waals surface area contributed by atoms with E-state index in [2.05, 4.69) is 15.9 Å². The summed E-state index contributed by atoms with van der Waals surface area (Å²) in [6, 6.07) is 8.31. The van der Waals surface area contributed by atoms with Gasteiger partial charge >= 0.3 is 0 Å². The van der Waals surface area contributed by atoms with Gasteiger partial charge in [0, 0.05) is 27.7 Å². The Hall–Kier alpha value is -1.46. The number of benzene rings is 2. The molecule has 0 spiro atoms. The molecule has 0 saturated heterocycles. The number of nitrogens with two attached hydrogens (primary N) is 1. The largest absolute Gasteiger partial charge is 0.488 e. The van der Waals surface area contributed by atoms with Crippen LogP contribution in [0.15, 0.2) is 40.9 Å². The lowest BCUT2D eigenvalue weighted by atomic mass is 10.1. The van der Waals surface area contributed by atoms with Gasteiger partial charge < -0.3 is 10.5 Å². The highest BCUT2D eigenvalue weighted by molar-refractivity contribution is 9.10. The van der Waals surface area contributed by atoms with Crippen LogP contribution in [0.1, 0.15) is 24.1 Å². The Kier molecular flexibility index (Phi) is 4.73. The summed E-state index contributed by atoms with van der Waals surface area (Å²) in [5.74, 6) is -0.318. The second-order valence-corrected chi connectivity index (χ2v) is 5.35. The van der Waals surface area contributed by atoms with Crippen LogP contribution in [0.5, 0.6) is 5.75 Å². The van der Waals surface area contributed by atoms with E-state index in [-0.39, 0.29) is 24.3 Å². The van der Waals surface area contributed by atoms with Crippen molar-refractivity contribution in [2.24, 2.45) is 5.73 Å². The molecule has 0 bridgehead atoms. The first-order valence-corrected chi connectivity index (χ1v) is 6.88. The van der Waals surface area contributed by atoms with E-state index >= 15 is 0 Å². The fourth-order valence-corrected chi connectivity index (χ4v) is 2.27. The van der Waals surface area contributed by atoms with E-state index in [0.29, 0.717) is 10.2 Å². The van der Waals surface area contributed by atoms with Crippen LogP contribution in [0.3, 0.4) is 0 Å². The van der Waals surface area contributed by atoms with E-state index in [1.807, 2.05) is 0 Å². The molecule has 0 radical (unpaired) electrons. The zero-order valence-electron chi connectivity index (χ0n) is 10.9. The summed E-state index contributed by atoms with van der Waals surface area (Å²) in [4.78, 5) is 0. The average Bonchev–Trinajstić information content (AvgIpc) is 2.37. The zero-order valence-corrected chi connectivity index (χ0v) is 12.5. The van der Waals surface area contributed by atoms with Gasteiger partial charge in [0.1, 0.15) is 24.0 Å². The normalized spacial score (nSPS) is 12.2. The summed E-state index contributed by atoms with van der Waals surface area (Å²) in [5, 5.41) is 0. The Morgan fingerprint density at radius 2 is 1.80 bits per heavy atom. The first-order valence-electron chi connectivity index (χ1n) is 6.09. The lowest BCUT2D eigenvalue weighted by molar-refractivity contribution is 0.299. The fourth-order valence-electron chi connectivity index (χ4n) is 1.80. The maximum Gasteiger partial charge on any atom is 0.127 e. The molecular formula is C15H14BrF2NO. The highest BCUT2D eigenvalue weighted by Gasteiger charge is 2.10. The Morgan fingerprint density at radius 1 is 1.15 bits per heavy atom. The summed E-state index contributed by atoms with van der Waals surface area (Å²) in [5.41, 5.74) is 7.32. The van der Waals surface area contributed by atoms with Gasteiger partial charge in [0.25, 0.3) is 0 Å². The van der Waals surface area contributed by atoms with Gasteiger partial charge in [-0.25, -0.2) is 8.78 Å². The predicted octanol–water partition coefficient (Wildman–Crippen LogP) is 4.33. The summed E-state index contributed by atoms with van der Waals surface area (Å²) in [6.45, 7) is 2.00. The second-order valence-electron chi connectivity index (χ2n) is 4.50. The van der Waals surface area contributed by atoms with Gasteiger partial charge in [0.05, 0.1) is 0 Å². The minimum Gasteiger partial charge on any atom is -0.488 e. The number of hydrogen-bond acceptors (Lipinski definition) is 2. The highest BCUT2D eigenvalue weighted by Crippen LogP contribution is 2.27. The van der Waals surface area contributed by atoms with E-state index in [0.717, 1.165) is 11.1 Å². The van der Waals surface area contributed by atoms with Crippen LogP contribution in [-0.2, 0) is 6.61 Å². The molecule has 0 aromatic heterocycles. The third-order valence-corrected chi connectivity index (χ3v) is 3.60. The van der Waals surface area contributed by atoms with Gasteiger partial charge in [-0.3, -0.25) is 0 Å². The summed E-state index contributed by atoms with van der Waals surface area (Å²) in [7, 11) is 0. The zero-order chi connectivity index (χ0) is 14.7. The molecule has 2 rings (SSSR count). The van der Waals surface area contributed by atoms with Crippen molar-refractivity contribution in [3.63, 3.8) is 0 Å². The molecule has 0 aliphatic carbocycles. The molecule has 0 heterocycles. The van der Waals surface area contributed by atoms with Crippen molar-refractivity contribution in [1.82, 2.24) is 0 Å². The SMILES string of the molecule is C[C@H](N)c1ccc(F)cc1OCc1ccc(F)cc1Br. The Bertz CT molecular complexity index is 617. The van der Waals surface area contributed by atoms with Crippen molar-refractivity contribution in [1.29, 1.82) is 0 Å². The van der Waals surface area contributed by atoms with Gasteiger partial charge in [-0.05, 0) is 25.1 Å². The Labute approximate surface area is 124 Å². The quantitative estimate of drug-likeness (QED) is 0.898. The van der Waals surface area contributed by atoms with E-state index in [1.165, 1.54) is 24.3 Å². The van der Waals surface area contributed by atoms with Gasteiger partial charge in [0.2, 0.25) is 0 Å². The monoisotopic (exact) mass is 341 g/mol. The minimum atomic E-state index is -0.387. The molecule has 0 aliphatic heterocycles. The molecule has 2 aromatic carbocycles. The van der Waals surface area contributed by atoms with Crippen LogP contribution >= 0.6 is 15.9 Å². The molecule has 2 N–H and O–H groups in total. The van der Waals surface area contributed by atoms with Crippen LogP contribution in [-0.4, -0.2) is 0 Å². The smallest absolute Gasteiger partial charge is 0.127 e. The first kappa shape index (κ1) is 14.9. The third kappa shape index (κ3) is 3.55. The van der Waals surface area contributed by atoms with Crippen molar-refractivity contribution >= 4 is 15.9 Å². The number of rotatable bonds is 4. The van der Waals surface area contributed by atoms with Crippen molar-refractivity contribution in [3.05, 3.63) is 63.6 Å². The van der Waals surface area contributed by atoms with Crippen molar-refractivity contribution in [2.75, 3.05) is 0 Å². The molecule has 0 amide bonds. The lowest BCUT2D eigenvalue weighted by Crippen LogP contribution is -2.08. The number of ether oxygens (including phenoxy) is 1. The van der Waals surface area contributed by atoms with Crippen molar-refractivity contribution in [3.8, 4) is 5.75 Å². The predicted molar refractivity (Wildman–Crippen MR) is 77.4 cm³/mol. The number of hydrogen-bond donors (Lipinski definition) is 1. The molecule has 5 heteroatoms. The average molecular weight is 342 g/mol. The molecule has 1 atom stereocenters. The molecule has 0 fully saturated rings. The molecule has 0 unspecified atom stereocenters. The summed E-state index contributed by atoms with van der Waals surface area (Å²) < 4.78 is 32.5. The van der Waals surface area contributed by atoms with Crippen LogP contribution in [0.25, 0.3) is 0 Å². The van der Waals surface area contributed by atoms with E-state index < -0.39 is 0 Å². The van der Waals surface area contributed by atoms with Crippen LogP contribution < -0.4 is 10.5 Å².